The second-order valence-corrected chi connectivity index (χ2v) is 4.76. The van der Waals surface area contributed by atoms with Gasteiger partial charge < -0.3 is 20.5 Å². The van der Waals surface area contributed by atoms with E-state index in [0.717, 1.165) is 17.1 Å². The van der Waals surface area contributed by atoms with Gasteiger partial charge in [0.15, 0.2) is 11.5 Å². The number of nitrogens with one attached hydrogen (secondary N) is 1. The molecule has 0 saturated carbocycles. The van der Waals surface area contributed by atoms with Crippen molar-refractivity contribution >= 4 is 27.6 Å². The second-order valence-electron chi connectivity index (χ2n) is 3.96. The third-order valence-electron chi connectivity index (χ3n) is 2.71. The van der Waals surface area contributed by atoms with Gasteiger partial charge in [0, 0.05) is 6.54 Å². The summed E-state index contributed by atoms with van der Waals surface area (Å²) < 4.78 is 11.3. The minimum absolute atomic E-state index is 0.278. The minimum atomic E-state index is 0.278. The molecule has 1 aliphatic heterocycles. The van der Waals surface area contributed by atoms with Crippen LogP contribution in [0.4, 0.5) is 11.6 Å². The van der Waals surface area contributed by atoms with Gasteiger partial charge in [0.25, 0.3) is 0 Å². The third-order valence-corrected chi connectivity index (χ3v) is 3.50. The van der Waals surface area contributed by atoms with Crippen LogP contribution in [0.3, 0.4) is 0 Å². The van der Waals surface area contributed by atoms with E-state index in [-0.39, 0.29) is 6.79 Å². The highest BCUT2D eigenvalue weighted by Gasteiger charge is 2.13. The first-order valence-corrected chi connectivity index (χ1v) is 6.42. The molecule has 1 aromatic carbocycles. The highest BCUT2D eigenvalue weighted by atomic mass is 79.9. The Morgan fingerprint density at radius 2 is 2.11 bits per heavy atom. The summed E-state index contributed by atoms with van der Waals surface area (Å²) >= 11 is 3.35. The van der Waals surface area contributed by atoms with Gasteiger partial charge >= 0.3 is 0 Å². The molecule has 2 aromatic rings. The molecule has 6 nitrogen and oxygen atoms in total. The molecule has 19 heavy (non-hydrogen) atoms. The van der Waals surface area contributed by atoms with E-state index in [1.165, 1.54) is 6.33 Å². The van der Waals surface area contributed by atoms with Gasteiger partial charge in [0.05, 0.1) is 0 Å². The van der Waals surface area contributed by atoms with Crippen LogP contribution in [-0.2, 0) is 6.54 Å². The van der Waals surface area contributed by atoms with Crippen LogP contribution in [0, 0.1) is 0 Å². The van der Waals surface area contributed by atoms with Crippen molar-refractivity contribution in [3.05, 3.63) is 34.6 Å². The maximum atomic E-state index is 5.69. The van der Waals surface area contributed by atoms with Gasteiger partial charge in [0.2, 0.25) is 6.79 Å². The summed E-state index contributed by atoms with van der Waals surface area (Å²) in [7, 11) is 0. The lowest BCUT2D eigenvalue weighted by atomic mass is 10.2. The van der Waals surface area contributed by atoms with Crippen molar-refractivity contribution in [1.82, 2.24) is 9.97 Å². The maximum absolute atomic E-state index is 5.69. The Hall–Kier alpha value is -2.02. The van der Waals surface area contributed by atoms with Crippen molar-refractivity contribution in [2.75, 3.05) is 17.8 Å². The summed E-state index contributed by atoms with van der Waals surface area (Å²) in [6, 6.07) is 5.80. The van der Waals surface area contributed by atoms with Crippen LogP contribution < -0.4 is 20.5 Å². The SMILES string of the molecule is Nc1ncnc(NCc2ccc3c(c2)OCO3)c1Br. The van der Waals surface area contributed by atoms with Crippen LogP contribution in [0.15, 0.2) is 29.0 Å². The fourth-order valence-electron chi connectivity index (χ4n) is 1.74. The molecular weight excluding hydrogens is 312 g/mol. The molecule has 0 saturated heterocycles. The number of hydrogen-bond donors (Lipinski definition) is 2. The topological polar surface area (TPSA) is 82.3 Å². The Bertz CT molecular complexity index is 621. The highest BCUT2D eigenvalue weighted by Crippen LogP contribution is 2.33. The van der Waals surface area contributed by atoms with E-state index in [1.807, 2.05) is 18.2 Å². The number of nitrogens with two attached hydrogens (primary N) is 1. The number of ether oxygens (including phenoxy) is 2. The van der Waals surface area contributed by atoms with Crippen molar-refractivity contribution in [2.24, 2.45) is 0 Å². The first-order chi connectivity index (χ1) is 9.24. The zero-order chi connectivity index (χ0) is 13.2. The lowest BCUT2D eigenvalue weighted by Gasteiger charge is -2.08. The molecule has 0 unspecified atom stereocenters. The van der Waals surface area contributed by atoms with Gasteiger partial charge in [-0.15, -0.1) is 0 Å². The average Bonchev–Trinajstić information content (AvgIpc) is 2.88. The second kappa shape index (κ2) is 4.93. The monoisotopic (exact) mass is 322 g/mol. The van der Waals surface area contributed by atoms with Crippen molar-refractivity contribution in [2.45, 2.75) is 6.54 Å². The zero-order valence-electron chi connectivity index (χ0n) is 9.89. The van der Waals surface area contributed by atoms with Gasteiger partial charge in [-0.25, -0.2) is 9.97 Å². The molecule has 1 aromatic heterocycles. The first kappa shape index (κ1) is 12.0. The van der Waals surface area contributed by atoms with Gasteiger partial charge in [-0.3, -0.25) is 0 Å². The van der Waals surface area contributed by atoms with E-state index in [2.05, 4.69) is 31.2 Å². The Morgan fingerprint density at radius 1 is 1.26 bits per heavy atom. The normalized spacial score (nSPS) is 12.5. The molecule has 2 heterocycles. The molecule has 0 aliphatic carbocycles. The summed E-state index contributed by atoms with van der Waals surface area (Å²) in [4.78, 5) is 8.01. The van der Waals surface area contributed by atoms with Gasteiger partial charge in [-0.2, -0.15) is 0 Å². The number of nitrogens with zero attached hydrogens (tertiary/aromatic N) is 2. The Labute approximate surface area is 118 Å². The molecule has 0 radical (unpaired) electrons. The number of anilines is 2. The summed E-state index contributed by atoms with van der Waals surface area (Å²) in [6.45, 7) is 0.881. The van der Waals surface area contributed by atoms with Crippen molar-refractivity contribution in [3.63, 3.8) is 0 Å². The van der Waals surface area contributed by atoms with E-state index in [0.29, 0.717) is 22.7 Å². The predicted octanol–water partition coefficient (Wildman–Crippen LogP) is 2.16. The van der Waals surface area contributed by atoms with Crippen LogP contribution in [0.5, 0.6) is 11.5 Å². The van der Waals surface area contributed by atoms with E-state index in [9.17, 15) is 0 Å². The molecule has 0 atom stereocenters. The number of nitrogen functional groups attached to an aromatic ring is 1. The highest BCUT2D eigenvalue weighted by molar-refractivity contribution is 9.10. The molecule has 1 aliphatic rings. The average molecular weight is 323 g/mol. The van der Waals surface area contributed by atoms with Crippen LogP contribution in [0.2, 0.25) is 0 Å². The van der Waals surface area contributed by atoms with Gasteiger partial charge in [-0.05, 0) is 33.6 Å². The fourth-order valence-corrected chi connectivity index (χ4v) is 2.09. The lowest BCUT2D eigenvalue weighted by Crippen LogP contribution is -2.04. The van der Waals surface area contributed by atoms with Gasteiger partial charge in [-0.1, -0.05) is 6.07 Å². The first-order valence-electron chi connectivity index (χ1n) is 5.62. The number of halogens is 1. The molecule has 98 valence electrons. The molecule has 3 rings (SSSR count). The van der Waals surface area contributed by atoms with E-state index >= 15 is 0 Å². The minimum Gasteiger partial charge on any atom is -0.454 e. The number of rotatable bonds is 3. The van der Waals surface area contributed by atoms with E-state index < -0.39 is 0 Å². The number of fused-ring (bicyclic) bond motifs is 1. The van der Waals surface area contributed by atoms with Crippen LogP contribution in [-0.4, -0.2) is 16.8 Å². The number of hydrogen-bond acceptors (Lipinski definition) is 6. The van der Waals surface area contributed by atoms with Crippen LogP contribution >= 0.6 is 15.9 Å². The number of benzene rings is 1. The summed E-state index contributed by atoms with van der Waals surface area (Å²) in [5.74, 6) is 2.60. The Kier molecular flexibility index (Phi) is 3.12. The molecule has 0 fully saturated rings. The fraction of sp³-hybridized carbons (Fsp3) is 0.167. The molecule has 7 heteroatoms. The zero-order valence-corrected chi connectivity index (χ0v) is 11.5. The Balaban J connectivity index is 1.74. The van der Waals surface area contributed by atoms with Crippen molar-refractivity contribution in [1.29, 1.82) is 0 Å². The van der Waals surface area contributed by atoms with Gasteiger partial charge in [0.1, 0.15) is 22.4 Å². The molecule has 0 spiro atoms. The molecule has 0 bridgehead atoms. The molecule has 3 N–H and O–H groups in total. The lowest BCUT2D eigenvalue weighted by molar-refractivity contribution is 0.174. The maximum Gasteiger partial charge on any atom is 0.231 e. The summed E-state index contributed by atoms with van der Waals surface area (Å²) in [5.41, 5.74) is 6.75. The van der Waals surface area contributed by atoms with E-state index in [1.54, 1.807) is 0 Å². The predicted molar refractivity (Wildman–Crippen MR) is 74.0 cm³/mol. The van der Waals surface area contributed by atoms with E-state index in [4.69, 9.17) is 15.2 Å². The van der Waals surface area contributed by atoms with Crippen molar-refractivity contribution < 1.29 is 9.47 Å². The quantitative estimate of drug-likeness (QED) is 0.901. The van der Waals surface area contributed by atoms with Crippen molar-refractivity contribution in [3.8, 4) is 11.5 Å². The largest absolute Gasteiger partial charge is 0.454 e. The summed E-state index contributed by atoms with van der Waals surface area (Å²) in [5, 5.41) is 3.19. The van der Waals surface area contributed by atoms with Crippen LogP contribution in [0.1, 0.15) is 5.56 Å². The Morgan fingerprint density at radius 3 is 3.00 bits per heavy atom. The number of aromatic nitrogens is 2. The third kappa shape index (κ3) is 2.41. The molecular formula is C12H11BrN4O2. The standard InChI is InChI=1S/C12H11BrN4O2/c13-10-11(14)16-5-17-12(10)15-4-7-1-2-8-9(3-7)19-6-18-8/h1-3,5H,4,6H2,(H3,14,15,16,17). The summed E-state index contributed by atoms with van der Waals surface area (Å²) in [6.07, 6.45) is 1.42. The van der Waals surface area contributed by atoms with Crippen LogP contribution in [0.25, 0.3) is 0 Å². The smallest absolute Gasteiger partial charge is 0.231 e. The molecule has 0 amide bonds.